The van der Waals surface area contributed by atoms with Crippen LogP contribution in [0.2, 0.25) is 0 Å². The van der Waals surface area contributed by atoms with E-state index in [1.54, 1.807) is 0 Å². The summed E-state index contributed by atoms with van der Waals surface area (Å²) in [6.07, 6.45) is 0. The second kappa shape index (κ2) is 4.80. The van der Waals surface area contributed by atoms with Gasteiger partial charge in [0, 0.05) is 0 Å². The Morgan fingerprint density at radius 3 is 1.00 bits per heavy atom. The van der Waals surface area contributed by atoms with Crippen molar-refractivity contribution in [2.45, 2.75) is 0 Å². The maximum Gasteiger partial charge on any atom is 0.404 e. The molecule has 0 bridgehead atoms. The molecule has 11 heteroatoms. The first kappa shape index (κ1) is 17.8. The Bertz CT molecular complexity index is 205. The molecule has 0 amide bonds. The molecule has 0 aromatic carbocycles. The molecule has 9 nitrogen and oxygen atoms in total. The molecule has 0 atom stereocenters. The van der Waals surface area contributed by atoms with Crippen LogP contribution in [0.3, 0.4) is 0 Å². The van der Waals surface area contributed by atoms with Gasteiger partial charge in [-0.3, -0.25) is 13.9 Å². The molecule has 0 saturated carbocycles. The molecule has 0 saturated heterocycles. The van der Waals surface area contributed by atoms with Gasteiger partial charge in [-0.25, -0.2) is 0 Å². The van der Waals surface area contributed by atoms with Crippen LogP contribution in [-0.2, 0) is 9.13 Å². The smallest absolute Gasteiger partial charge is 0.404 e. The predicted octanol–water partition coefficient (Wildman–Crippen LogP) is -2.19. The van der Waals surface area contributed by atoms with Crippen LogP contribution >= 0.6 is 15.2 Å². The highest BCUT2D eigenvalue weighted by Crippen LogP contribution is 2.54. The number of carbonyl (C=O) groups excluding carboxylic acids is 1. The number of rotatable bonds is 2. The number of hydrogen-bond acceptors (Lipinski definition) is 3. The van der Waals surface area contributed by atoms with Crippen LogP contribution in [0, 0.1) is 0 Å². The van der Waals surface area contributed by atoms with E-state index in [0.29, 0.717) is 0 Å². The van der Waals surface area contributed by atoms with Gasteiger partial charge in [0.25, 0.3) is 0 Å². The molecule has 0 aliphatic heterocycles. The fourth-order valence-electron chi connectivity index (χ4n) is 0.170. The van der Waals surface area contributed by atoms with E-state index in [4.69, 9.17) is 19.6 Å². The second-order valence-electron chi connectivity index (χ2n) is 1.37. The van der Waals surface area contributed by atoms with E-state index in [1.165, 1.54) is 0 Å². The van der Waals surface area contributed by atoms with Gasteiger partial charge in [-0.15, -0.1) is 0 Å². The molecule has 8 N–H and O–H groups in total. The largest absolute Gasteiger partial charge is 0.412 e. The Labute approximate surface area is 66.0 Å². The molecule has 0 aromatic rings. The summed E-state index contributed by atoms with van der Waals surface area (Å²) >= 11 is 0. The third-order valence-corrected chi connectivity index (χ3v) is 3.06. The highest BCUT2D eigenvalue weighted by atomic mass is 31.2. The second-order valence-corrected chi connectivity index (χ2v) is 4.71. The van der Waals surface area contributed by atoms with E-state index in [1.807, 2.05) is 0 Å². The van der Waals surface area contributed by atoms with Crippen molar-refractivity contribution in [3.8, 4) is 0 Å². The van der Waals surface area contributed by atoms with Gasteiger partial charge in [0.1, 0.15) is 0 Å². The van der Waals surface area contributed by atoms with Crippen LogP contribution < -0.4 is 0 Å². The van der Waals surface area contributed by atoms with Gasteiger partial charge in [-0.1, -0.05) is 0 Å². The summed E-state index contributed by atoms with van der Waals surface area (Å²) in [7, 11) is -10.6. The fourth-order valence-corrected chi connectivity index (χ4v) is 1.53. The Morgan fingerprint density at radius 2 is 1.00 bits per heavy atom. The Hall–Kier alpha value is -0.110. The average molecular weight is 226 g/mol. The van der Waals surface area contributed by atoms with Crippen LogP contribution in [-0.4, -0.2) is 35.8 Å². The third kappa shape index (κ3) is 5.53. The van der Waals surface area contributed by atoms with Crippen LogP contribution in [0.5, 0.6) is 0 Å². The summed E-state index contributed by atoms with van der Waals surface area (Å²) in [5.41, 5.74) is 0. The molecule has 12 heavy (non-hydrogen) atoms. The Balaban J connectivity index is -0.000000405. The fraction of sp³-hybridized carbons (Fsp3) is 0. The van der Waals surface area contributed by atoms with Crippen molar-refractivity contribution in [2.24, 2.45) is 0 Å². The molecule has 0 aliphatic carbocycles. The minimum absolute atomic E-state index is 0. The van der Waals surface area contributed by atoms with E-state index in [-0.39, 0.29) is 11.0 Å². The van der Waals surface area contributed by atoms with Crippen molar-refractivity contribution < 1.29 is 44.5 Å². The van der Waals surface area contributed by atoms with E-state index in [9.17, 15) is 13.9 Å². The SMILES string of the molecule is O.O.O=C(P(=O)(O)O)P(=O)(O)O. The first-order chi connectivity index (χ1) is 4.15. The van der Waals surface area contributed by atoms with E-state index in [2.05, 4.69) is 0 Å². The Kier molecular flexibility index (Phi) is 7.14. The highest BCUT2D eigenvalue weighted by molar-refractivity contribution is 7.96. The van der Waals surface area contributed by atoms with Gasteiger partial charge >= 0.3 is 20.5 Å². The third-order valence-electron chi connectivity index (χ3n) is 0.498. The molecule has 76 valence electrons. The summed E-state index contributed by atoms with van der Waals surface area (Å²) in [6.45, 7) is 0. The van der Waals surface area contributed by atoms with Gasteiger partial charge < -0.3 is 30.5 Å². The maximum atomic E-state index is 9.96. The lowest BCUT2D eigenvalue weighted by Gasteiger charge is -2.01. The van der Waals surface area contributed by atoms with Crippen LogP contribution in [0.15, 0.2) is 0 Å². The monoisotopic (exact) mass is 226 g/mol. The number of carbonyl (C=O) groups is 1. The molecule has 0 spiro atoms. The predicted molar refractivity (Wildman–Crippen MR) is 36.7 cm³/mol. The van der Waals surface area contributed by atoms with Crippen LogP contribution in [0.1, 0.15) is 0 Å². The van der Waals surface area contributed by atoms with Crippen molar-refractivity contribution in [3.63, 3.8) is 0 Å². The molecule has 0 heterocycles. The maximum absolute atomic E-state index is 9.96. The lowest BCUT2D eigenvalue weighted by Crippen LogP contribution is -1.96. The van der Waals surface area contributed by atoms with Crippen LogP contribution in [0.4, 0.5) is 4.79 Å². The quantitative estimate of drug-likeness (QED) is 0.383. The summed E-state index contributed by atoms with van der Waals surface area (Å²) < 4.78 is 19.7. The van der Waals surface area contributed by atoms with Crippen molar-refractivity contribution in [1.82, 2.24) is 0 Å². The summed E-state index contributed by atoms with van der Waals surface area (Å²) in [5.74, 6) is 0. The van der Waals surface area contributed by atoms with Crippen molar-refractivity contribution in [2.75, 3.05) is 0 Å². The zero-order valence-corrected chi connectivity index (χ0v) is 7.20. The van der Waals surface area contributed by atoms with Gasteiger partial charge in [0.05, 0.1) is 0 Å². The van der Waals surface area contributed by atoms with Gasteiger partial charge in [-0.2, -0.15) is 0 Å². The van der Waals surface area contributed by atoms with E-state index in [0.717, 1.165) is 0 Å². The van der Waals surface area contributed by atoms with E-state index < -0.39 is 20.5 Å². The van der Waals surface area contributed by atoms with Crippen molar-refractivity contribution >= 4 is 20.5 Å². The summed E-state index contributed by atoms with van der Waals surface area (Å²) in [6, 6.07) is 0. The topological polar surface area (TPSA) is 195 Å². The normalized spacial score (nSPS) is 11.0. The lowest BCUT2D eigenvalue weighted by atomic mass is 11.8. The molecule has 0 radical (unpaired) electrons. The minimum Gasteiger partial charge on any atom is -0.412 e. The van der Waals surface area contributed by atoms with Gasteiger partial charge in [-0.05, 0) is 0 Å². The van der Waals surface area contributed by atoms with E-state index >= 15 is 0 Å². The molecule has 0 fully saturated rings. The Morgan fingerprint density at radius 1 is 0.833 bits per heavy atom. The molecule has 0 aliphatic rings. The molecule has 0 rings (SSSR count). The summed E-state index contributed by atoms with van der Waals surface area (Å²) in [4.78, 5) is 41.5. The molecular formula is CH8O9P2. The van der Waals surface area contributed by atoms with Crippen LogP contribution in [0.25, 0.3) is 0 Å². The first-order valence-electron chi connectivity index (χ1n) is 1.82. The summed E-state index contributed by atoms with van der Waals surface area (Å²) in [5, 5.41) is -2.35. The molecule has 0 aromatic heterocycles. The molecule has 0 unspecified atom stereocenters. The zero-order chi connectivity index (χ0) is 8.58. The lowest BCUT2D eigenvalue weighted by molar-refractivity contribution is 0.255. The average Bonchev–Trinajstić information content (AvgIpc) is 1.59. The highest BCUT2D eigenvalue weighted by Gasteiger charge is 2.41. The first-order valence-corrected chi connectivity index (χ1v) is 5.04. The zero-order valence-electron chi connectivity index (χ0n) is 5.41. The minimum atomic E-state index is -5.28. The van der Waals surface area contributed by atoms with Crippen molar-refractivity contribution in [3.05, 3.63) is 0 Å². The van der Waals surface area contributed by atoms with Gasteiger partial charge in [0.2, 0.25) is 0 Å². The molecular weight excluding hydrogens is 218 g/mol. The number of hydrogen-bond donors (Lipinski definition) is 4. The van der Waals surface area contributed by atoms with Crippen molar-refractivity contribution in [1.29, 1.82) is 0 Å². The van der Waals surface area contributed by atoms with Gasteiger partial charge in [0.15, 0.2) is 0 Å². The standard InChI is InChI=1S/CH4O7P2.2H2O/c2-1(9(3,4)5)10(6,7)8;;/h(H2,3,4,5)(H2,6,7,8);2*1H2.